The molecule has 0 atom stereocenters. The molecule has 114 valence electrons. The van der Waals surface area contributed by atoms with Crippen molar-refractivity contribution in [1.82, 2.24) is 0 Å². The van der Waals surface area contributed by atoms with Crippen LogP contribution in [0.3, 0.4) is 0 Å². The lowest BCUT2D eigenvalue weighted by atomic mass is 10.1. The van der Waals surface area contributed by atoms with E-state index in [9.17, 15) is 14.9 Å². The molecule has 1 heterocycles. The van der Waals surface area contributed by atoms with E-state index in [-0.39, 0.29) is 17.3 Å². The molecule has 0 amide bonds. The molecule has 0 bridgehead atoms. The Morgan fingerprint density at radius 2 is 1.74 bits per heavy atom. The fourth-order valence-corrected chi connectivity index (χ4v) is 2.22. The number of nitro benzene ring substituents is 1. The number of allylic oxidation sites excluding steroid dienone is 1. The van der Waals surface area contributed by atoms with Crippen molar-refractivity contribution >= 4 is 23.1 Å². The SMILES string of the molecule is CC(=C1N=C(c2ccccc2)OC1=O)c1ccc([N+](=O)[O-])cc1. The summed E-state index contributed by atoms with van der Waals surface area (Å²) in [6.45, 7) is 1.73. The van der Waals surface area contributed by atoms with Gasteiger partial charge in [0, 0.05) is 17.7 Å². The van der Waals surface area contributed by atoms with E-state index in [1.165, 1.54) is 12.1 Å². The van der Waals surface area contributed by atoms with Crippen LogP contribution in [0.25, 0.3) is 5.57 Å². The Balaban J connectivity index is 1.98. The van der Waals surface area contributed by atoms with E-state index < -0.39 is 10.9 Å². The second-order valence-corrected chi connectivity index (χ2v) is 4.95. The number of hydrogen-bond acceptors (Lipinski definition) is 5. The molecular formula is C17H12N2O4. The van der Waals surface area contributed by atoms with E-state index in [4.69, 9.17) is 4.74 Å². The molecule has 0 N–H and O–H groups in total. The first-order chi connectivity index (χ1) is 11.1. The number of aliphatic imine (C=N–C) groups is 1. The van der Waals surface area contributed by atoms with Crippen molar-refractivity contribution in [1.29, 1.82) is 0 Å². The summed E-state index contributed by atoms with van der Waals surface area (Å²) in [5.74, 6) is -0.272. The normalized spacial score (nSPS) is 15.9. The van der Waals surface area contributed by atoms with Crippen LogP contribution in [0.5, 0.6) is 0 Å². The van der Waals surface area contributed by atoms with Gasteiger partial charge in [0.25, 0.3) is 5.69 Å². The van der Waals surface area contributed by atoms with Crippen molar-refractivity contribution in [2.75, 3.05) is 0 Å². The van der Waals surface area contributed by atoms with Crippen molar-refractivity contribution in [2.45, 2.75) is 6.92 Å². The highest BCUT2D eigenvalue weighted by atomic mass is 16.6. The van der Waals surface area contributed by atoms with Crippen molar-refractivity contribution in [3.05, 3.63) is 81.5 Å². The van der Waals surface area contributed by atoms with E-state index in [1.807, 2.05) is 18.2 Å². The Labute approximate surface area is 131 Å². The van der Waals surface area contributed by atoms with Gasteiger partial charge in [0.15, 0.2) is 5.70 Å². The molecule has 0 radical (unpaired) electrons. The summed E-state index contributed by atoms with van der Waals surface area (Å²) in [5.41, 5.74) is 2.20. The first kappa shape index (κ1) is 14.6. The number of non-ortho nitro benzene ring substituents is 1. The summed E-state index contributed by atoms with van der Waals surface area (Å²) < 4.78 is 5.21. The van der Waals surface area contributed by atoms with E-state index in [1.54, 1.807) is 31.2 Å². The molecule has 3 rings (SSSR count). The minimum Gasteiger partial charge on any atom is -0.402 e. The summed E-state index contributed by atoms with van der Waals surface area (Å²) in [6.07, 6.45) is 0. The highest BCUT2D eigenvalue weighted by Crippen LogP contribution is 2.26. The second-order valence-electron chi connectivity index (χ2n) is 4.95. The van der Waals surface area contributed by atoms with Gasteiger partial charge in [-0.2, -0.15) is 0 Å². The number of rotatable bonds is 3. The van der Waals surface area contributed by atoms with Gasteiger partial charge in [-0.05, 0) is 42.3 Å². The lowest BCUT2D eigenvalue weighted by Crippen LogP contribution is -2.05. The molecule has 6 nitrogen and oxygen atoms in total. The maximum absolute atomic E-state index is 12.0. The molecule has 6 heteroatoms. The van der Waals surface area contributed by atoms with Crippen LogP contribution >= 0.6 is 0 Å². The summed E-state index contributed by atoms with van der Waals surface area (Å²) in [6, 6.07) is 15.1. The predicted molar refractivity (Wildman–Crippen MR) is 84.8 cm³/mol. The fourth-order valence-electron chi connectivity index (χ4n) is 2.22. The quantitative estimate of drug-likeness (QED) is 0.377. The number of esters is 1. The van der Waals surface area contributed by atoms with E-state index in [2.05, 4.69) is 4.99 Å². The van der Waals surface area contributed by atoms with Crippen molar-refractivity contribution in [3.63, 3.8) is 0 Å². The van der Waals surface area contributed by atoms with Gasteiger partial charge in [0.1, 0.15) is 0 Å². The van der Waals surface area contributed by atoms with Crippen LogP contribution in [0.2, 0.25) is 0 Å². The first-order valence-electron chi connectivity index (χ1n) is 6.88. The Morgan fingerprint density at radius 1 is 1.09 bits per heavy atom. The fraction of sp³-hybridized carbons (Fsp3) is 0.0588. The maximum atomic E-state index is 12.0. The molecule has 0 aromatic heterocycles. The Kier molecular flexibility index (Phi) is 3.72. The third-order valence-corrected chi connectivity index (χ3v) is 3.48. The zero-order valence-electron chi connectivity index (χ0n) is 12.2. The van der Waals surface area contributed by atoms with E-state index in [0.717, 1.165) is 0 Å². The maximum Gasteiger partial charge on any atom is 0.364 e. The summed E-state index contributed by atoms with van der Waals surface area (Å²) >= 11 is 0. The van der Waals surface area contributed by atoms with Gasteiger partial charge in [-0.15, -0.1) is 0 Å². The Morgan fingerprint density at radius 3 is 2.35 bits per heavy atom. The molecule has 0 unspecified atom stereocenters. The van der Waals surface area contributed by atoms with Crippen LogP contribution in [0, 0.1) is 10.1 Å². The molecule has 0 spiro atoms. The predicted octanol–water partition coefficient (Wildman–Crippen LogP) is 3.33. The summed E-state index contributed by atoms with van der Waals surface area (Å²) in [5, 5.41) is 10.7. The molecule has 0 saturated heterocycles. The third kappa shape index (κ3) is 2.87. The molecular weight excluding hydrogens is 296 g/mol. The number of ether oxygens (including phenoxy) is 1. The monoisotopic (exact) mass is 308 g/mol. The Hall–Kier alpha value is -3.28. The average molecular weight is 308 g/mol. The largest absolute Gasteiger partial charge is 0.402 e. The van der Waals surface area contributed by atoms with Crippen molar-refractivity contribution in [3.8, 4) is 0 Å². The van der Waals surface area contributed by atoms with Gasteiger partial charge in [0.2, 0.25) is 5.90 Å². The van der Waals surface area contributed by atoms with Crippen molar-refractivity contribution < 1.29 is 14.5 Å². The number of carbonyl (C=O) groups excluding carboxylic acids is 1. The van der Waals surface area contributed by atoms with Gasteiger partial charge in [-0.25, -0.2) is 9.79 Å². The number of benzene rings is 2. The lowest BCUT2D eigenvalue weighted by Gasteiger charge is -2.02. The molecule has 23 heavy (non-hydrogen) atoms. The average Bonchev–Trinajstić information content (AvgIpc) is 2.97. The van der Waals surface area contributed by atoms with Gasteiger partial charge in [-0.1, -0.05) is 18.2 Å². The molecule has 2 aromatic carbocycles. The van der Waals surface area contributed by atoms with Crippen LogP contribution in [0.4, 0.5) is 5.69 Å². The smallest absolute Gasteiger partial charge is 0.364 e. The van der Waals surface area contributed by atoms with Crippen LogP contribution in [-0.2, 0) is 9.53 Å². The molecule has 0 saturated carbocycles. The minimum absolute atomic E-state index is 0.00553. The molecule has 2 aromatic rings. The van der Waals surface area contributed by atoms with Crippen LogP contribution in [0.1, 0.15) is 18.1 Å². The van der Waals surface area contributed by atoms with Gasteiger partial charge < -0.3 is 4.74 Å². The minimum atomic E-state index is -0.528. The summed E-state index contributed by atoms with van der Waals surface area (Å²) in [4.78, 5) is 26.5. The van der Waals surface area contributed by atoms with Gasteiger partial charge in [-0.3, -0.25) is 10.1 Å². The van der Waals surface area contributed by atoms with Gasteiger partial charge in [0.05, 0.1) is 4.92 Å². The highest BCUT2D eigenvalue weighted by molar-refractivity contribution is 6.14. The van der Waals surface area contributed by atoms with Crippen molar-refractivity contribution in [2.24, 2.45) is 4.99 Å². The standard InChI is InChI=1S/C17H12N2O4/c1-11(12-7-9-14(10-8-12)19(21)22)15-17(20)23-16(18-15)13-5-3-2-4-6-13/h2-10H,1H3. The number of cyclic esters (lactones) is 1. The molecule has 0 aliphatic carbocycles. The zero-order chi connectivity index (χ0) is 16.4. The van der Waals surface area contributed by atoms with E-state index >= 15 is 0 Å². The molecule has 0 fully saturated rings. The molecule has 1 aliphatic heterocycles. The number of nitrogens with zero attached hydrogens (tertiary/aromatic N) is 2. The first-order valence-corrected chi connectivity index (χ1v) is 6.88. The molecule has 1 aliphatic rings. The van der Waals surface area contributed by atoms with Crippen LogP contribution in [0.15, 0.2) is 65.3 Å². The van der Waals surface area contributed by atoms with Crippen LogP contribution in [-0.4, -0.2) is 16.8 Å². The Bertz CT molecular complexity index is 837. The number of nitro groups is 1. The van der Waals surface area contributed by atoms with E-state index in [0.29, 0.717) is 16.7 Å². The summed E-state index contributed by atoms with van der Waals surface area (Å²) in [7, 11) is 0. The second kappa shape index (κ2) is 5.84. The highest BCUT2D eigenvalue weighted by Gasteiger charge is 2.26. The van der Waals surface area contributed by atoms with Gasteiger partial charge >= 0.3 is 5.97 Å². The lowest BCUT2D eigenvalue weighted by molar-refractivity contribution is -0.384. The van der Waals surface area contributed by atoms with Crippen LogP contribution < -0.4 is 0 Å². The third-order valence-electron chi connectivity index (χ3n) is 3.48. The zero-order valence-corrected chi connectivity index (χ0v) is 12.2. The number of hydrogen-bond donors (Lipinski definition) is 0. The topological polar surface area (TPSA) is 81.8 Å². The number of carbonyl (C=O) groups is 1.